The Kier molecular flexibility index (Phi) is 4.91. The highest BCUT2D eigenvalue weighted by molar-refractivity contribution is 14.1. The lowest BCUT2D eigenvalue weighted by Gasteiger charge is -2.12. The first kappa shape index (κ1) is 17.0. The second-order valence-corrected chi connectivity index (χ2v) is 7.26. The molecular weight excluding hydrogens is 444 g/mol. The summed E-state index contributed by atoms with van der Waals surface area (Å²) >= 11 is 2.86. The minimum atomic E-state index is -0.377. The van der Waals surface area contributed by atoms with E-state index in [1.165, 1.54) is 18.2 Å². The number of benzene rings is 2. The van der Waals surface area contributed by atoms with Gasteiger partial charge in [0.25, 0.3) is 11.1 Å². The van der Waals surface area contributed by atoms with E-state index in [-0.39, 0.29) is 29.3 Å². The number of amides is 2. The smallest absolute Gasteiger partial charge is 0.293 e. The third kappa shape index (κ3) is 3.62. The zero-order chi connectivity index (χ0) is 17.3. The number of phenolic OH excluding ortho intramolecular Hbond substituents is 1. The van der Waals surface area contributed by atoms with Crippen molar-refractivity contribution in [2.45, 2.75) is 6.54 Å². The number of thioether (sulfide) groups is 1. The van der Waals surface area contributed by atoms with Gasteiger partial charge in [0.05, 0.1) is 15.0 Å². The maximum absolute atomic E-state index is 12.9. The molecule has 2 aromatic carbocycles. The summed E-state index contributed by atoms with van der Waals surface area (Å²) in [6.45, 7) is 0.107. The van der Waals surface area contributed by atoms with Crippen molar-refractivity contribution < 1.29 is 19.1 Å². The number of phenols is 1. The Morgan fingerprint density at radius 3 is 2.54 bits per heavy atom. The van der Waals surface area contributed by atoms with E-state index in [1.54, 1.807) is 30.3 Å². The van der Waals surface area contributed by atoms with Gasteiger partial charge in [0.1, 0.15) is 11.6 Å². The lowest BCUT2D eigenvalue weighted by atomic mass is 10.2. The Labute approximate surface area is 155 Å². The first-order chi connectivity index (χ1) is 11.4. The third-order valence-electron chi connectivity index (χ3n) is 3.40. The summed E-state index contributed by atoms with van der Waals surface area (Å²) in [4.78, 5) is 26.0. The quantitative estimate of drug-likeness (QED) is 0.552. The molecule has 0 unspecified atom stereocenters. The van der Waals surface area contributed by atoms with Crippen LogP contribution in [-0.2, 0) is 11.3 Å². The van der Waals surface area contributed by atoms with E-state index in [0.717, 1.165) is 22.2 Å². The van der Waals surface area contributed by atoms with Crippen LogP contribution in [0.1, 0.15) is 11.1 Å². The Hall–Kier alpha value is -1.87. The van der Waals surface area contributed by atoms with Crippen LogP contribution in [0, 0.1) is 9.39 Å². The van der Waals surface area contributed by atoms with Gasteiger partial charge in [-0.2, -0.15) is 0 Å². The van der Waals surface area contributed by atoms with Crippen LogP contribution in [0.4, 0.5) is 9.18 Å². The molecule has 0 bridgehead atoms. The van der Waals surface area contributed by atoms with E-state index in [0.29, 0.717) is 14.0 Å². The summed E-state index contributed by atoms with van der Waals surface area (Å²) in [5, 5.41) is 9.18. The average molecular weight is 455 g/mol. The van der Waals surface area contributed by atoms with Crippen LogP contribution in [0.3, 0.4) is 0 Å². The Morgan fingerprint density at radius 1 is 1.17 bits per heavy atom. The molecule has 1 N–H and O–H groups in total. The second-order valence-electron chi connectivity index (χ2n) is 5.11. The minimum Gasteiger partial charge on any atom is -0.507 e. The van der Waals surface area contributed by atoms with Gasteiger partial charge in [-0.05, 0) is 75.8 Å². The zero-order valence-corrected chi connectivity index (χ0v) is 15.2. The molecule has 0 atom stereocenters. The molecule has 0 aromatic heterocycles. The normalized spacial score (nSPS) is 16.2. The van der Waals surface area contributed by atoms with Gasteiger partial charge in [-0.25, -0.2) is 4.39 Å². The summed E-state index contributed by atoms with van der Waals surface area (Å²) in [6.07, 6.45) is 1.62. The molecule has 7 heteroatoms. The van der Waals surface area contributed by atoms with Crippen LogP contribution in [0.25, 0.3) is 6.08 Å². The molecule has 1 aliphatic rings. The van der Waals surface area contributed by atoms with Gasteiger partial charge in [-0.1, -0.05) is 18.2 Å². The molecule has 2 amide bonds. The number of halogens is 2. The van der Waals surface area contributed by atoms with Gasteiger partial charge in [-0.15, -0.1) is 0 Å². The highest BCUT2D eigenvalue weighted by Crippen LogP contribution is 2.34. The summed E-state index contributed by atoms with van der Waals surface area (Å²) in [5.74, 6) is -0.579. The van der Waals surface area contributed by atoms with Crippen LogP contribution in [0.15, 0.2) is 47.4 Å². The fourth-order valence-electron chi connectivity index (χ4n) is 2.17. The molecule has 1 heterocycles. The Morgan fingerprint density at radius 2 is 1.88 bits per heavy atom. The lowest BCUT2D eigenvalue weighted by molar-refractivity contribution is -0.123. The third-order valence-corrected chi connectivity index (χ3v) is 5.17. The number of aromatic hydroxyl groups is 1. The number of imide groups is 1. The molecule has 4 nitrogen and oxygen atoms in total. The fraction of sp³-hybridized carbons (Fsp3) is 0.0588. The second kappa shape index (κ2) is 6.94. The number of hydrogen-bond acceptors (Lipinski definition) is 4. The van der Waals surface area contributed by atoms with Gasteiger partial charge >= 0.3 is 0 Å². The van der Waals surface area contributed by atoms with Gasteiger partial charge in [-0.3, -0.25) is 14.5 Å². The van der Waals surface area contributed by atoms with Crippen molar-refractivity contribution in [3.63, 3.8) is 0 Å². The van der Waals surface area contributed by atoms with Crippen molar-refractivity contribution in [2.75, 3.05) is 0 Å². The predicted octanol–water partition coefficient (Wildman–Crippen LogP) is 4.37. The molecular formula is C17H11FINO3S. The number of rotatable bonds is 3. The van der Waals surface area contributed by atoms with E-state index < -0.39 is 0 Å². The van der Waals surface area contributed by atoms with E-state index in [4.69, 9.17) is 0 Å². The predicted molar refractivity (Wildman–Crippen MR) is 98.7 cm³/mol. The lowest BCUT2D eigenvalue weighted by Crippen LogP contribution is -2.27. The van der Waals surface area contributed by atoms with E-state index in [1.807, 2.05) is 22.6 Å². The number of carbonyl (C=O) groups excluding carboxylic acids is 2. The first-order valence-electron chi connectivity index (χ1n) is 6.92. The van der Waals surface area contributed by atoms with Gasteiger partial charge < -0.3 is 5.11 Å². The number of hydrogen-bond donors (Lipinski definition) is 1. The molecule has 0 aliphatic carbocycles. The van der Waals surface area contributed by atoms with Crippen LogP contribution in [0.5, 0.6) is 5.75 Å². The summed E-state index contributed by atoms with van der Waals surface area (Å²) in [5.41, 5.74) is 1.41. The van der Waals surface area contributed by atoms with Crippen LogP contribution < -0.4 is 0 Å². The zero-order valence-electron chi connectivity index (χ0n) is 12.2. The van der Waals surface area contributed by atoms with E-state index >= 15 is 0 Å². The average Bonchev–Trinajstić information content (AvgIpc) is 2.80. The molecule has 0 saturated carbocycles. The van der Waals surface area contributed by atoms with Crippen LogP contribution >= 0.6 is 34.4 Å². The minimum absolute atomic E-state index is 0.107. The molecule has 122 valence electrons. The van der Waals surface area contributed by atoms with Crippen molar-refractivity contribution in [3.8, 4) is 5.75 Å². The topological polar surface area (TPSA) is 57.6 Å². The first-order valence-corrected chi connectivity index (χ1v) is 8.82. The monoisotopic (exact) mass is 455 g/mol. The Bertz CT molecular complexity index is 851. The summed E-state index contributed by atoms with van der Waals surface area (Å²) in [7, 11) is 0. The largest absolute Gasteiger partial charge is 0.507 e. The summed E-state index contributed by atoms with van der Waals surface area (Å²) < 4.78 is 13.6. The fourth-order valence-corrected chi connectivity index (χ4v) is 3.55. The maximum Gasteiger partial charge on any atom is 0.293 e. The van der Waals surface area contributed by atoms with Crippen molar-refractivity contribution in [3.05, 3.63) is 67.9 Å². The molecule has 0 spiro atoms. The van der Waals surface area contributed by atoms with E-state index in [2.05, 4.69) is 0 Å². The molecule has 2 aromatic rings. The van der Waals surface area contributed by atoms with Gasteiger partial charge in [0.15, 0.2) is 0 Å². The molecule has 24 heavy (non-hydrogen) atoms. The standard InChI is InChI=1S/C17H11FINO3S/c18-12-4-1-10(2-5-12)9-20-16(22)15(24-17(20)23)8-11-3-6-14(21)13(19)7-11/h1-8,21H,9H2. The van der Waals surface area contributed by atoms with Gasteiger partial charge in [0, 0.05) is 0 Å². The van der Waals surface area contributed by atoms with E-state index in [9.17, 15) is 19.1 Å². The van der Waals surface area contributed by atoms with Crippen molar-refractivity contribution in [1.82, 2.24) is 4.90 Å². The summed E-state index contributed by atoms with van der Waals surface area (Å²) in [6, 6.07) is 10.6. The maximum atomic E-state index is 12.9. The number of nitrogens with zero attached hydrogens (tertiary/aromatic N) is 1. The molecule has 1 aliphatic heterocycles. The van der Waals surface area contributed by atoms with Crippen molar-refractivity contribution >= 4 is 51.6 Å². The van der Waals surface area contributed by atoms with Crippen LogP contribution in [0.2, 0.25) is 0 Å². The highest BCUT2D eigenvalue weighted by Gasteiger charge is 2.34. The molecule has 3 rings (SSSR count). The molecule has 1 fully saturated rings. The highest BCUT2D eigenvalue weighted by atomic mass is 127. The van der Waals surface area contributed by atoms with Crippen molar-refractivity contribution in [2.24, 2.45) is 0 Å². The van der Waals surface area contributed by atoms with Crippen molar-refractivity contribution in [1.29, 1.82) is 0 Å². The van der Waals surface area contributed by atoms with Gasteiger partial charge in [0.2, 0.25) is 0 Å². The number of carbonyl (C=O) groups is 2. The van der Waals surface area contributed by atoms with Crippen LogP contribution in [-0.4, -0.2) is 21.2 Å². The molecule has 0 radical (unpaired) electrons. The SMILES string of the molecule is O=C1SC(=Cc2ccc(O)c(I)c2)C(=O)N1Cc1ccc(F)cc1. The Balaban J connectivity index is 1.81. The molecule has 1 saturated heterocycles.